The molecule has 0 aromatic carbocycles. The Kier molecular flexibility index (Phi) is 3.48. The zero-order valence-electron chi connectivity index (χ0n) is 10.8. The second-order valence-corrected chi connectivity index (χ2v) is 5.26. The number of hydrogen-bond acceptors (Lipinski definition) is 5. The summed E-state index contributed by atoms with van der Waals surface area (Å²) in [6.45, 7) is 2.96. The largest absolute Gasteiger partial charge is 0.391 e. The number of aliphatic hydroxyl groups is 1. The highest BCUT2D eigenvalue weighted by Crippen LogP contribution is 2.18. The third-order valence-corrected chi connectivity index (χ3v) is 3.86. The summed E-state index contributed by atoms with van der Waals surface area (Å²) in [5.41, 5.74) is 0.382. The van der Waals surface area contributed by atoms with Crippen molar-refractivity contribution >= 4 is 5.91 Å². The first kappa shape index (κ1) is 12.6. The smallest absolute Gasteiger partial charge is 0.276 e. The Morgan fingerprint density at radius 2 is 2.16 bits per heavy atom. The van der Waals surface area contributed by atoms with Crippen LogP contribution in [0.2, 0.25) is 0 Å². The van der Waals surface area contributed by atoms with Crippen LogP contribution >= 0.6 is 0 Å². The number of rotatable bonds is 2. The normalized spacial score (nSPS) is 24.9. The molecule has 2 aliphatic heterocycles. The molecule has 0 bridgehead atoms. The third-order valence-electron chi connectivity index (χ3n) is 3.86. The number of β-amino-alcohol motifs (C(OH)–C–C–N with tert-alkyl or cyclic N) is 1. The van der Waals surface area contributed by atoms with Crippen molar-refractivity contribution in [2.45, 2.75) is 31.4 Å². The second-order valence-electron chi connectivity index (χ2n) is 5.26. The lowest BCUT2D eigenvalue weighted by Crippen LogP contribution is -2.30. The number of carbonyl (C=O) groups excluding carboxylic acids is 1. The van der Waals surface area contributed by atoms with Crippen molar-refractivity contribution < 1.29 is 9.90 Å². The summed E-state index contributed by atoms with van der Waals surface area (Å²) in [5.74, 6) is -0.128. The van der Waals surface area contributed by atoms with E-state index in [4.69, 9.17) is 0 Å². The molecule has 0 aliphatic carbocycles. The van der Waals surface area contributed by atoms with Gasteiger partial charge in [0.05, 0.1) is 18.3 Å². The van der Waals surface area contributed by atoms with Gasteiger partial charge < -0.3 is 15.3 Å². The number of carbonyl (C=O) groups is 1. The summed E-state index contributed by atoms with van der Waals surface area (Å²) < 4.78 is 1.81. The van der Waals surface area contributed by atoms with Gasteiger partial charge in [-0.05, 0) is 32.4 Å². The molecule has 19 heavy (non-hydrogen) atoms. The molecular formula is C12H19N5O2. The Bertz CT molecular complexity index is 455. The molecule has 2 fully saturated rings. The highest BCUT2D eigenvalue weighted by molar-refractivity contribution is 5.92. The number of amides is 1. The lowest BCUT2D eigenvalue weighted by atomic mass is 10.1. The minimum Gasteiger partial charge on any atom is -0.391 e. The van der Waals surface area contributed by atoms with Gasteiger partial charge in [-0.15, -0.1) is 5.10 Å². The maximum absolute atomic E-state index is 12.2. The minimum atomic E-state index is -0.400. The molecule has 1 atom stereocenters. The zero-order chi connectivity index (χ0) is 13.2. The summed E-state index contributed by atoms with van der Waals surface area (Å²) in [7, 11) is 0. The summed E-state index contributed by atoms with van der Waals surface area (Å²) in [6, 6.07) is 0.333. The van der Waals surface area contributed by atoms with Crippen molar-refractivity contribution in [1.82, 2.24) is 25.2 Å². The fraction of sp³-hybridized carbons (Fsp3) is 0.750. The minimum absolute atomic E-state index is 0.128. The topological polar surface area (TPSA) is 83.3 Å². The van der Waals surface area contributed by atoms with Crippen molar-refractivity contribution in [2.75, 3.05) is 26.2 Å². The van der Waals surface area contributed by atoms with E-state index in [0.29, 0.717) is 31.2 Å². The van der Waals surface area contributed by atoms with E-state index < -0.39 is 6.10 Å². The van der Waals surface area contributed by atoms with Crippen LogP contribution in [0.25, 0.3) is 0 Å². The molecule has 1 aromatic rings. The molecule has 7 heteroatoms. The number of hydrogen-bond donors (Lipinski definition) is 2. The van der Waals surface area contributed by atoms with Crippen LogP contribution in [-0.4, -0.2) is 63.2 Å². The van der Waals surface area contributed by atoms with E-state index in [0.717, 1.165) is 25.9 Å². The van der Waals surface area contributed by atoms with Gasteiger partial charge >= 0.3 is 0 Å². The van der Waals surface area contributed by atoms with Crippen molar-refractivity contribution in [2.24, 2.45) is 0 Å². The molecular weight excluding hydrogens is 246 g/mol. The van der Waals surface area contributed by atoms with Gasteiger partial charge in [0, 0.05) is 13.1 Å². The zero-order valence-corrected chi connectivity index (χ0v) is 10.8. The molecule has 2 saturated heterocycles. The van der Waals surface area contributed by atoms with Gasteiger partial charge in [-0.1, -0.05) is 5.21 Å². The Hall–Kier alpha value is -1.47. The van der Waals surface area contributed by atoms with E-state index in [1.165, 1.54) is 0 Å². The maximum Gasteiger partial charge on any atom is 0.276 e. The molecule has 1 amide bonds. The van der Waals surface area contributed by atoms with E-state index in [9.17, 15) is 9.90 Å². The molecule has 0 unspecified atom stereocenters. The SMILES string of the molecule is O=C(c1cn(C2CCNCC2)nn1)N1CC[C@H](O)C1. The molecule has 0 radical (unpaired) electrons. The quantitative estimate of drug-likeness (QED) is 0.747. The average molecular weight is 265 g/mol. The van der Waals surface area contributed by atoms with Gasteiger partial charge in [-0.25, -0.2) is 4.68 Å². The van der Waals surface area contributed by atoms with Crippen LogP contribution in [-0.2, 0) is 0 Å². The van der Waals surface area contributed by atoms with Crippen molar-refractivity contribution in [3.63, 3.8) is 0 Å². The van der Waals surface area contributed by atoms with E-state index in [1.54, 1.807) is 15.8 Å². The van der Waals surface area contributed by atoms with Crippen molar-refractivity contribution in [3.8, 4) is 0 Å². The molecule has 3 rings (SSSR count). The van der Waals surface area contributed by atoms with Crippen molar-refractivity contribution in [1.29, 1.82) is 0 Å². The molecule has 0 spiro atoms. The molecule has 104 valence electrons. The predicted octanol–water partition coefficient (Wildman–Crippen LogP) is -0.591. The van der Waals surface area contributed by atoms with Crippen LogP contribution in [0.1, 0.15) is 35.8 Å². The van der Waals surface area contributed by atoms with Gasteiger partial charge in [0.25, 0.3) is 5.91 Å². The first-order valence-electron chi connectivity index (χ1n) is 6.84. The van der Waals surface area contributed by atoms with Crippen LogP contribution in [0.15, 0.2) is 6.20 Å². The summed E-state index contributed by atoms with van der Waals surface area (Å²) in [5, 5.41) is 20.8. The van der Waals surface area contributed by atoms with E-state index in [-0.39, 0.29) is 5.91 Å². The Balaban J connectivity index is 1.68. The molecule has 3 heterocycles. The molecule has 2 aliphatic rings. The summed E-state index contributed by atoms with van der Waals surface area (Å²) in [4.78, 5) is 13.8. The Labute approximate surface area is 111 Å². The summed E-state index contributed by atoms with van der Waals surface area (Å²) in [6.07, 6.45) is 4.01. The van der Waals surface area contributed by atoms with E-state index in [1.807, 2.05) is 0 Å². The Morgan fingerprint density at radius 3 is 2.84 bits per heavy atom. The number of likely N-dealkylation sites (tertiary alicyclic amines) is 1. The first-order valence-corrected chi connectivity index (χ1v) is 6.84. The number of nitrogens with zero attached hydrogens (tertiary/aromatic N) is 4. The van der Waals surface area contributed by atoms with Crippen LogP contribution in [0, 0.1) is 0 Å². The van der Waals surface area contributed by atoms with E-state index in [2.05, 4.69) is 15.6 Å². The predicted molar refractivity (Wildman–Crippen MR) is 67.7 cm³/mol. The van der Waals surface area contributed by atoms with Crippen LogP contribution in [0.3, 0.4) is 0 Å². The van der Waals surface area contributed by atoms with Gasteiger partial charge in [-0.2, -0.15) is 0 Å². The van der Waals surface area contributed by atoms with Gasteiger partial charge in [-0.3, -0.25) is 4.79 Å². The lowest BCUT2D eigenvalue weighted by Gasteiger charge is -2.22. The third kappa shape index (κ3) is 2.62. The standard InChI is InChI=1S/C12H19N5O2/c18-10-3-6-16(7-10)12(19)11-8-17(15-14-11)9-1-4-13-5-2-9/h8-10,13,18H,1-7H2/t10-/m0/s1. The fourth-order valence-corrected chi connectivity index (χ4v) is 2.71. The molecule has 0 saturated carbocycles. The van der Waals surface area contributed by atoms with Gasteiger partial charge in [0.1, 0.15) is 0 Å². The van der Waals surface area contributed by atoms with Gasteiger partial charge in [0.15, 0.2) is 5.69 Å². The monoisotopic (exact) mass is 265 g/mol. The lowest BCUT2D eigenvalue weighted by molar-refractivity contribution is 0.0759. The van der Waals surface area contributed by atoms with Gasteiger partial charge in [0.2, 0.25) is 0 Å². The summed E-state index contributed by atoms with van der Waals surface area (Å²) >= 11 is 0. The first-order chi connectivity index (χ1) is 9.24. The number of piperidine rings is 1. The van der Waals surface area contributed by atoms with Crippen molar-refractivity contribution in [3.05, 3.63) is 11.9 Å². The number of aliphatic hydroxyl groups excluding tert-OH is 1. The number of aromatic nitrogens is 3. The molecule has 1 aromatic heterocycles. The highest BCUT2D eigenvalue weighted by Gasteiger charge is 2.27. The Morgan fingerprint density at radius 1 is 1.37 bits per heavy atom. The van der Waals surface area contributed by atoms with E-state index >= 15 is 0 Å². The van der Waals surface area contributed by atoms with Crippen LogP contribution < -0.4 is 5.32 Å². The maximum atomic E-state index is 12.2. The fourth-order valence-electron chi connectivity index (χ4n) is 2.71. The molecule has 2 N–H and O–H groups in total. The second kappa shape index (κ2) is 5.26. The van der Waals surface area contributed by atoms with Crippen LogP contribution in [0.5, 0.6) is 0 Å². The highest BCUT2D eigenvalue weighted by atomic mass is 16.3. The van der Waals surface area contributed by atoms with Crippen LogP contribution in [0.4, 0.5) is 0 Å². The number of nitrogens with one attached hydrogen (secondary N) is 1. The molecule has 7 nitrogen and oxygen atoms in total. The average Bonchev–Trinajstić information content (AvgIpc) is 3.08.